The molecule has 0 amide bonds. The Morgan fingerprint density at radius 2 is 1.53 bits per heavy atom. The topological polar surface area (TPSA) is 85.9 Å². The number of H-pyrrole nitrogens is 2. The molecular weight excluding hydrogens is 424 g/mol. The third kappa shape index (κ3) is 3.52. The van der Waals surface area contributed by atoms with Gasteiger partial charge in [-0.25, -0.2) is 0 Å². The SMILES string of the molecule is C=CCc1ccc2[nH]cc(C3=C(O)C(=O)C(c4c[nH]c5ccc(CC=CC)cc45)=CC3=O)c2c1. The van der Waals surface area contributed by atoms with Crippen molar-refractivity contribution in [1.82, 2.24) is 9.97 Å². The Morgan fingerprint density at radius 1 is 0.912 bits per heavy atom. The second-order valence-electron chi connectivity index (χ2n) is 8.41. The summed E-state index contributed by atoms with van der Waals surface area (Å²) in [7, 11) is 0. The van der Waals surface area contributed by atoms with E-state index < -0.39 is 17.3 Å². The van der Waals surface area contributed by atoms with E-state index in [0.717, 1.165) is 39.4 Å². The number of hydrogen-bond acceptors (Lipinski definition) is 3. The van der Waals surface area contributed by atoms with Crippen molar-refractivity contribution in [2.24, 2.45) is 0 Å². The molecule has 0 fully saturated rings. The number of hydrogen-bond donors (Lipinski definition) is 3. The summed E-state index contributed by atoms with van der Waals surface area (Å²) in [6, 6.07) is 11.8. The molecule has 5 rings (SSSR count). The van der Waals surface area contributed by atoms with E-state index in [1.54, 1.807) is 18.5 Å². The monoisotopic (exact) mass is 448 g/mol. The molecule has 168 valence electrons. The van der Waals surface area contributed by atoms with E-state index in [-0.39, 0.29) is 11.1 Å². The third-order valence-electron chi connectivity index (χ3n) is 6.24. The summed E-state index contributed by atoms with van der Waals surface area (Å²) in [5, 5.41) is 12.6. The van der Waals surface area contributed by atoms with Crippen LogP contribution >= 0.6 is 0 Å². The minimum absolute atomic E-state index is 0.0179. The zero-order chi connectivity index (χ0) is 23.8. The molecule has 0 radical (unpaired) electrons. The number of carbonyl (C=O) groups is 2. The normalized spacial score (nSPS) is 14.6. The van der Waals surface area contributed by atoms with Crippen molar-refractivity contribution in [3.8, 4) is 0 Å². The summed E-state index contributed by atoms with van der Waals surface area (Å²) >= 11 is 0. The van der Waals surface area contributed by atoms with Gasteiger partial charge in [0, 0.05) is 50.9 Å². The van der Waals surface area contributed by atoms with Gasteiger partial charge in [0.15, 0.2) is 11.5 Å². The first-order valence-electron chi connectivity index (χ1n) is 11.2. The Bertz CT molecular complexity index is 1570. The van der Waals surface area contributed by atoms with Gasteiger partial charge in [-0.3, -0.25) is 9.59 Å². The highest BCUT2D eigenvalue weighted by Gasteiger charge is 2.32. The number of rotatable bonds is 6. The maximum Gasteiger partial charge on any atom is 0.228 e. The molecule has 4 aromatic rings. The maximum atomic E-state index is 13.3. The van der Waals surface area contributed by atoms with Crippen LogP contribution in [0.2, 0.25) is 0 Å². The van der Waals surface area contributed by atoms with E-state index >= 15 is 0 Å². The fourth-order valence-electron chi connectivity index (χ4n) is 4.53. The first-order chi connectivity index (χ1) is 16.5. The highest BCUT2D eigenvalue weighted by atomic mass is 16.3. The second-order valence-corrected chi connectivity index (χ2v) is 8.41. The maximum absolute atomic E-state index is 13.3. The number of Topliss-reactive ketones (excluding diaryl/α,β-unsaturated/α-hetero) is 1. The number of fused-ring (bicyclic) bond motifs is 2. The number of ketones is 2. The van der Waals surface area contributed by atoms with Crippen LogP contribution in [0.1, 0.15) is 29.2 Å². The summed E-state index contributed by atoms with van der Waals surface area (Å²) in [6.07, 6.45) is 12.0. The number of aliphatic hydroxyl groups excluding tert-OH is 1. The van der Waals surface area contributed by atoms with E-state index in [1.165, 1.54) is 6.08 Å². The Kier molecular flexibility index (Phi) is 5.38. The summed E-state index contributed by atoms with van der Waals surface area (Å²) in [6.45, 7) is 5.74. The summed E-state index contributed by atoms with van der Waals surface area (Å²) in [5.74, 6) is -1.50. The van der Waals surface area contributed by atoms with Crippen LogP contribution in [-0.4, -0.2) is 26.6 Å². The smallest absolute Gasteiger partial charge is 0.228 e. The van der Waals surface area contributed by atoms with E-state index in [1.807, 2.05) is 49.4 Å². The standard InChI is InChI=1S/C29H24N2O3/c1-3-5-7-18-9-11-24-19(13-18)22(15-30-24)21-14-26(32)27(29(34)28(21)33)23-16-31-25-10-8-17(6-4-2)12-20(23)25/h3-5,8-16,30-31,34H,2,6-7H2,1H3. The lowest BCUT2D eigenvalue weighted by molar-refractivity contribution is -0.115. The zero-order valence-electron chi connectivity index (χ0n) is 18.8. The van der Waals surface area contributed by atoms with Gasteiger partial charge in [-0.05, 0) is 61.2 Å². The Balaban J connectivity index is 1.58. The summed E-state index contributed by atoms with van der Waals surface area (Å²) in [5.41, 5.74) is 5.13. The molecule has 5 heteroatoms. The first kappa shape index (κ1) is 21.5. The largest absolute Gasteiger partial charge is 0.504 e. The van der Waals surface area contributed by atoms with Crippen LogP contribution in [0.4, 0.5) is 0 Å². The molecular formula is C29H24N2O3. The van der Waals surface area contributed by atoms with Gasteiger partial charge in [0.1, 0.15) is 0 Å². The van der Waals surface area contributed by atoms with Gasteiger partial charge in [0.25, 0.3) is 0 Å². The number of aromatic nitrogens is 2. The lowest BCUT2D eigenvalue weighted by atomic mass is 9.87. The van der Waals surface area contributed by atoms with Crippen molar-refractivity contribution < 1.29 is 14.7 Å². The number of benzene rings is 2. The molecule has 0 unspecified atom stereocenters. The summed E-state index contributed by atoms with van der Waals surface area (Å²) in [4.78, 5) is 32.9. The minimum Gasteiger partial charge on any atom is -0.504 e. The van der Waals surface area contributed by atoms with Gasteiger partial charge >= 0.3 is 0 Å². The van der Waals surface area contributed by atoms with E-state index in [4.69, 9.17) is 0 Å². The third-order valence-corrected chi connectivity index (χ3v) is 6.24. The van der Waals surface area contributed by atoms with Crippen molar-refractivity contribution in [2.45, 2.75) is 19.8 Å². The molecule has 1 aliphatic rings. The molecule has 0 saturated heterocycles. The second kappa shape index (κ2) is 8.52. The first-order valence-corrected chi connectivity index (χ1v) is 11.2. The molecule has 2 heterocycles. The molecule has 0 saturated carbocycles. The van der Waals surface area contributed by atoms with Crippen LogP contribution in [0.25, 0.3) is 33.0 Å². The van der Waals surface area contributed by atoms with Crippen molar-refractivity contribution in [2.75, 3.05) is 0 Å². The van der Waals surface area contributed by atoms with Crippen LogP contribution in [0.5, 0.6) is 0 Å². The molecule has 0 spiro atoms. The lowest BCUT2D eigenvalue weighted by Crippen LogP contribution is -2.17. The van der Waals surface area contributed by atoms with Crippen molar-refractivity contribution in [3.63, 3.8) is 0 Å². The van der Waals surface area contributed by atoms with Crippen LogP contribution in [-0.2, 0) is 22.4 Å². The van der Waals surface area contributed by atoms with Crippen LogP contribution in [0.3, 0.4) is 0 Å². The lowest BCUT2D eigenvalue weighted by Gasteiger charge is -2.15. The molecule has 2 aromatic heterocycles. The number of allylic oxidation sites excluding steroid dienone is 6. The fraction of sp³-hybridized carbons (Fsp3) is 0.103. The van der Waals surface area contributed by atoms with Gasteiger partial charge in [-0.1, -0.05) is 30.4 Å². The van der Waals surface area contributed by atoms with Gasteiger partial charge in [0.2, 0.25) is 5.78 Å². The van der Waals surface area contributed by atoms with Gasteiger partial charge in [0.05, 0.1) is 5.57 Å². The highest BCUT2D eigenvalue weighted by Crippen LogP contribution is 2.36. The Hall–Kier alpha value is -4.38. The Morgan fingerprint density at radius 3 is 2.18 bits per heavy atom. The number of aromatic amines is 2. The van der Waals surface area contributed by atoms with Crippen LogP contribution < -0.4 is 0 Å². The van der Waals surface area contributed by atoms with Crippen molar-refractivity contribution in [1.29, 1.82) is 0 Å². The fourth-order valence-corrected chi connectivity index (χ4v) is 4.53. The molecule has 3 N–H and O–H groups in total. The van der Waals surface area contributed by atoms with Crippen LogP contribution in [0.15, 0.2) is 85.4 Å². The quantitative estimate of drug-likeness (QED) is 0.250. The zero-order valence-corrected chi connectivity index (χ0v) is 18.8. The average molecular weight is 449 g/mol. The van der Waals surface area contributed by atoms with Gasteiger partial charge in [-0.15, -0.1) is 6.58 Å². The number of nitrogens with one attached hydrogen (secondary N) is 2. The molecule has 5 nitrogen and oxygen atoms in total. The van der Waals surface area contributed by atoms with E-state index in [0.29, 0.717) is 17.5 Å². The van der Waals surface area contributed by atoms with Gasteiger partial charge in [-0.2, -0.15) is 0 Å². The summed E-state index contributed by atoms with van der Waals surface area (Å²) < 4.78 is 0. The molecule has 1 aliphatic carbocycles. The van der Waals surface area contributed by atoms with Crippen molar-refractivity contribution >= 4 is 44.5 Å². The predicted octanol–water partition coefficient (Wildman–Crippen LogP) is 6.00. The number of carbonyl (C=O) groups excluding carboxylic acids is 2. The van der Waals surface area contributed by atoms with Gasteiger partial charge < -0.3 is 15.1 Å². The predicted molar refractivity (Wildman–Crippen MR) is 137 cm³/mol. The molecule has 0 aliphatic heterocycles. The number of aliphatic hydroxyl groups is 1. The van der Waals surface area contributed by atoms with E-state index in [2.05, 4.69) is 22.6 Å². The average Bonchev–Trinajstić information content (AvgIpc) is 3.44. The molecule has 0 atom stereocenters. The molecule has 2 aromatic carbocycles. The minimum atomic E-state index is -0.564. The van der Waals surface area contributed by atoms with E-state index in [9.17, 15) is 14.7 Å². The highest BCUT2D eigenvalue weighted by molar-refractivity contribution is 6.46. The van der Waals surface area contributed by atoms with Crippen LogP contribution in [0, 0.1) is 0 Å². The molecule has 34 heavy (non-hydrogen) atoms. The Labute approximate surface area is 196 Å². The molecule has 0 bridgehead atoms. The van der Waals surface area contributed by atoms with Crippen molar-refractivity contribution in [3.05, 3.63) is 108 Å².